The molecule has 4 N–H and O–H groups in total. The first-order valence-electron chi connectivity index (χ1n) is 26.7. The number of oxazole rings is 2. The topological polar surface area (TPSA) is 278 Å². The molecule has 1 atom stereocenters. The van der Waals surface area contributed by atoms with Crippen molar-refractivity contribution in [2.75, 3.05) is 36.8 Å². The number of rotatable bonds is 18. The quantitative estimate of drug-likeness (QED) is 0.0459. The van der Waals surface area contributed by atoms with Crippen molar-refractivity contribution < 1.29 is 45.4 Å². The van der Waals surface area contributed by atoms with Crippen LogP contribution in [0.2, 0.25) is 0 Å². The van der Waals surface area contributed by atoms with Gasteiger partial charge in [0.25, 0.3) is 0 Å². The van der Waals surface area contributed by atoms with Crippen LogP contribution < -0.4 is 10.6 Å². The number of aliphatic hydroxyl groups excluding tert-OH is 2. The lowest BCUT2D eigenvalue weighted by atomic mass is 9.96. The van der Waals surface area contributed by atoms with Gasteiger partial charge < -0.3 is 29.7 Å². The van der Waals surface area contributed by atoms with E-state index in [-0.39, 0.29) is 101 Å². The predicted molar refractivity (Wildman–Crippen MR) is 294 cm³/mol. The minimum absolute atomic E-state index is 0.00466. The van der Waals surface area contributed by atoms with Crippen LogP contribution in [-0.2, 0) is 32.2 Å². The van der Waals surface area contributed by atoms with Gasteiger partial charge in [-0.15, -0.1) is 20.4 Å². The van der Waals surface area contributed by atoms with Crippen LogP contribution in [-0.4, -0.2) is 96.9 Å². The molecule has 1 spiro atoms. The van der Waals surface area contributed by atoms with Crippen LogP contribution in [0.3, 0.4) is 0 Å². The van der Waals surface area contributed by atoms with Crippen LogP contribution in [0.4, 0.5) is 38.0 Å². The highest BCUT2D eigenvalue weighted by atomic mass is 19.4. The second kappa shape index (κ2) is 22.3. The van der Waals surface area contributed by atoms with Gasteiger partial charge in [0.1, 0.15) is 64.5 Å². The fourth-order valence-corrected chi connectivity index (χ4v) is 10.7. The number of pyridine rings is 2. The first-order chi connectivity index (χ1) is 41.0. The summed E-state index contributed by atoms with van der Waals surface area (Å²) in [5.41, 5.74) is 0.484. The normalized spacial score (nSPS) is 14.4. The van der Waals surface area contributed by atoms with Crippen LogP contribution in [0.15, 0.2) is 112 Å². The van der Waals surface area contributed by atoms with Gasteiger partial charge in [0.2, 0.25) is 11.8 Å². The van der Waals surface area contributed by atoms with Crippen LogP contribution in [0.1, 0.15) is 59.9 Å². The van der Waals surface area contributed by atoms with Gasteiger partial charge in [-0.2, -0.15) is 42.1 Å². The number of nitriles is 3. The highest BCUT2D eigenvalue weighted by molar-refractivity contribution is 5.87. The molecule has 1 aliphatic carbocycles. The number of nitrogens with zero attached hydrogens (tertiary/aromatic N) is 14. The van der Waals surface area contributed by atoms with Crippen molar-refractivity contribution in [1.29, 1.82) is 15.8 Å². The van der Waals surface area contributed by atoms with Crippen LogP contribution in [0, 0.1) is 39.4 Å². The number of fused-ring (bicyclic) bond motifs is 2. The van der Waals surface area contributed by atoms with Gasteiger partial charge in [-0.25, -0.2) is 19.9 Å². The first-order valence-corrected chi connectivity index (χ1v) is 26.7. The Balaban J connectivity index is 0.908. The number of anilines is 2. The molecule has 26 heteroatoms. The van der Waals surface area contributed by atoms with E-state index in [1.54, 1.807) is 75.9 Å². The standard InChI is InChI=1S/C59H46F6N16O4/c60-58(61,62)43-17-34(27-79-15-11-57(29-79)9-10-57)19-45-51(43)84-55(75-45)47-21-36(23-50(74-47)70-26-38(83)8-13-67)39-4-1-2-5-40(39)53-77-71-30-80(53)32-81-31-72-78-54(81)41-7-6-33(25-68)16-42(41)37-22-48(73-49(24-37)69-14-3-12-66)56-76-46-20-35(28-82)18-44(52(46)85-56)59(63,64)65/h1-2,4-7,16-24,30-31,38,82-83H,3,8-11,14-15,26-29,32H2,(H,69,73)(H,70,74)/t38-/m0/s1. The Kier molecular flexibility index (Phi) is 14.5. The van der Waals surface area contributed by atoms with Crippen molar-refractivity contribution in [3.63, 3.8) is 0 Å². The number of aromatic nitrogens is 10. The largest absolute Gasteiger partial charge is 0.434 e. The van der Waals surface area contributed by atoms with E-state index in [0.29, 0.717) is 51.3 Å². The van der Waals surface area contributed by atoms with Crippen molar-refractivity contribution in [3.05, 3.63) is 131 Å². The van der Waals surface area contributed by atoms with Gasteiger partial charge in [0.15, 0.2) is 22.8 Å². The molecule has 10 aromatic rings. The maximum Gasteiger partial charge on any atom is 0.420 e. The monoisotopic (exact) mass is 1160 g/mol. The summed E-state index contributed by atoms with van der Waals surface area (Å²) in [6.07, 6.45) is -4.63. The average molecular weight is 1160 g/mol. The van der Waals surface area contributed by atoms with E-state index in [0.717, 1.165) is 44.5 Å². The molecule has 2 aliphatic rings. The molecule has 0 unspecified atom stereocenters. The third kappa shape index (κ3) is 11.4. The molecule has 12 rings (SSSR count). The molecule has 6 aromatic heterocycles. The molecule has 0 bridgehead atoms. The molecule has 20 nitrogen and oxygen atoms in total. The van der Waals surface area contributed by atoms with Crippen molar-refractivity contribution in [2.45, 2.75) is 70.4 Å². The molecule has 4 aromatic carbocycles. The van der Waals surface area contributed by atoms with E-state index in [4.69, 9.17) is 13.8 Å². The SMILES string of the molecule is N#CCCNc1cc(-c2cc(C#N)ccc2-c2nncn2Cn2cnnc2-c2ccccc2-c2cc(NC[C@@H](O)CC#N)nc(-c3nc4cc(CN5CCC6(CC6)C5)cc(C(F)(F)F)c4o3)c2)cc(-c2nc3cc(CO)cc(C(F)(F)F)c3o2)n1. The van der Waals surface area contributed by atoms with E-state index in [1.807, 2.05) is 12.1 Å². The zero-order valence-electron chi connectivity index (χ0n) is 44.6. The summed E-state index contributed by atoms with van der Waals surface area (Å²) in [6, 6.07) is 29.3. The molecule has 0 amide bonds. The number of likely N-dealkylation sites (tertiary alicyclic amines) is 1. The zero-order chi connectivity index (χ0) is 59.2. The number of halogens is 6. The lowest BCUT2D eigenvalue weighted by Crippen LogP contribution is -2.20. The summed E-state index contributed by atoms with van der Waals surface area (Å²) >= 11 is 0. The third-order valence-electron chi connectivity index (χ3n) is 15.0. The maximum atomic E-state index is 14.9. The Morgan fingerprint density at radius 3 is 1.82 bits per heavy atom. The van der Waals surface area contributed by atoms with Gasteiger partial charge in [0, 0.05) is 37.3 Å². The zero-order valence-corrected chi connectivity index (χ0v) is 44.6. The number of hydrogen-bond donors (Lipinski definition) is 4. The van der Waals surface area contributed by atoms with Crippen LogP contribution in [0.5, 0.6) is 0 Å². The molecule has 1 aliphatic heterocycles. The minimum Gasteiger partial charge on any atom is -0.434 e. The highest BCUT2D eigenvalue weighted by Gasteiger charge is 2.47. The molecule has 85 heavy (non-hydrogen) atoms. The molecular formula is C59H46F6N16O4. The molecule has 0 radical (unpaired) electrons. The number of alkyl halides is 6. The van der Waals surface area contributed by atoms with Gasteiger partial charge in [-0.3, -0.25) is 14.0 Å². The van der Waals surface area contributed by atoms with Gasteiger partial charge in [0.05, 0.1) is 49.3 Å². The smallest absolute Gasteiger partial charge is 0.420 e. The number of aliphatic hydroxyl groups is 2. The lowest BCUT2D eigenvalue weighted by Gasteiger charge is -2.17. The number of hydrogen-bond acceptors (Lipinski definition) is 18. The average Bonchev–Trinajstić information content (AvgIpc) is 2.49. The van der Waals surface area contributed by atoms with E-state index in [2.05, 4.69) is 56.9 Å². The maximum absolute atomic E-state index is 14.9. The van der Waals surface area contributed by atoms with E-state index < -0.39 is 47.4 Å². The van der Waals surface area contributed by atoms with Crippen LogP contribution in [0.25, 0.3) is 90.4 Å². The van der Waals surface area contributed by atoms with Gasteiger partial charge >= 0.3 is 12.4 Å². The van der Waals surface area contributed by atoms with Crippen molar-refractivity contribution >= 4 is 33.8 Å². The van der Waals surface area contributed by atoms with Gasteiger partial charge in [-0.05, 0) is 131 Å². The second-order valence-corrected chi connectivity index (χ2v) is 20.9. The molecular weight excluding hydrogens is 1110 g/mol. The third-order valence-corrected chi connectivity index (χ3v) is 15.0. The van der Waals surface area contributed by atoms with Crippen molar-refractivity contribution in [2.24, 2.45) is 5.41 Å². The second-order valence-electron chi connectivity index (χ2n) is 20.9. The Morgan fingerprint density at radius 2 is 1.25 bits per heavy atom. The Morgan fingerprint density at radius 1 is 0.659 bits per heavy atom. The summed E-state index contributed by atoms with van der Waals surface area (Å²) in [4.78, 5) is 20.4. The summed E-state index contributed by atoms with van der Waals surface area (Å²) in [5, 5.41) is 72.8. The van der Waals surface area contributed by atoms with E-state index >= 15 is 0 Å². The van der Waals surface area contributed by atoms with Crippen molar-refractivity contribution in [3.8, 4) is 86.4 Å². The van der Waals surface area contributed by atoms with Gasteiger partial charge in [-0.1, -0.05) is 24.3 Å². The van der Waals surface area contributed by atoms with E-state index in [1.165, 1.54) is 24.8 Å². The first kappa shape index (κ1) is 55.5. The Hall–Kier alpha value is -10.1. The number of benzene rings is 4. The highest BCUT2D eigenvalue weighted by Crippen LogP contribution is 2.53. The molecule has 7 heterocycles. The Labute approximate surface area is 478 Å². The Bertz CT molecular complexity index is 4330. The molecule has 1 saturated carbocycles. The summed E-state index contributed by atoms with van der Waals surface area (Å²) in [6.45, 7) is 1.28. The summed E-state index contributed by atoms with van der Waals surface area (Å²) in [5.74, 6) is 0.519. The van der Waals surface area contributed by atoms with Crippen LogP contribution >= 0.6 is 0 Å². The van der Waals surface area contributed by atoms with E-state index in [9.17, 15) is 52.3 Å². The van der Waals surface area contributed by atoms with Crippen molar-refractivity contribution in [1.82, 2.24) is 54.4 Å². The molecule has 1 saturated heterocycles. The molecule has 2 fully saturated rings. The minimum atomic E-state index is -4.86. The lowest BCUT2D eigenvalue weighted by molar-refractivity contribution is -0.137. The number of nitrogens with one attached hydrogen (secondary N) is 2. The fourth-order valence-electron chi connectivity index (χ4n) is 10.7. The predicted octanol–water partition coefficient (Wildman–Crippen LogP) is 10.8. The summed E-state index contributed by atoms with van der Waals surface area (Å²) < 4.78 is 103. The molecule has 428 valence electrons. The fraction of sp³-hybridized carbons (Fsp3) is 0.271. The summed E-state index contributed by atoms with van der Waals surface area (Å²) in [7, 11) is 0.